The molecule has 0 aliphatic carbocycles. The summed E-state index contributed by atoms with van der Waals surface area (Å²) in [7, 11) is 0. The molecular formula is C15H11Cl2NO4. The van der Waals surface area contributed by atoms with Crippen molar-refractivity contribution in [1.29, 1.82) is 0 Å². The maximum absolute atomic E-state index is 12.5. The van der Waals surface area contributed by atoms with E-state index in [9.17, 15) is 14.7 Å². The van der Waals surface area contributed by atoms with Gasteiger partial charge in [-0.1, -0.05) is 35.3 Å². The Morgan fingerprint density at radius 3 is 2.18 bits per heavy atom. The first kappa shape index (κ1) is 16.1. The van der Waals surface area contributed by atoms with Gasteiger partial charge in [0.1, 0.15) is 12.3 Å². The molecule has 0 radical (unpaired) electrons. The fourth-order valence-corrected chi connectivity index (χ4v) is 2.43. The lowest BCUT2D eigenvalue weighted by Crippen LogP contribution is -2.35. The molecule has 2 aromatic carbocycles. The standard InChI is InChI=1S/C15H11Cl2NO4/c16-9-5-10(17)7-11(6-9)18(8-14(20)21)15(22)12-3-1-2-4-13(12)19/h1-7,19H,8H2,(H,20,21). The summed E-state index contributed by atoms with van der Waals surface area (Å²) in [4.78, 5) is 24.6. The molecule has 2 N–H and O–H groups in total. The van der Waals surface area contributed by atoms with Crippen molar-refractivity contribution in [3.05, 3.63) is 58.1 Å². The summed E-state index contributed by atoms with van der Waals surface area (Å²) in [6.45, 7) is -0.593. The summed E-state index contributed by atoms with van der Waals surface area (Å²) in [6, 6.07) is 10.2. The number of carboxylic acids is 1. The van der Waals surface area contributed by atoms with Crippen molar-refractivity contribution >= 4 is 40.8 Å². The Bertz CT molecular complexity index is 713. The molecule has 0 saturated heterocycles. The zero-order valence-corrected chi connectivity index (χ0v) is 12.7. The highest BCUT2D eigenvalue weighted by molar-refractivity contribution is 6.35. The smallest absolute Gasteiger partial charge is 0.323 e. The first-order valence-electron chi connectivity index (χ1n) is 6.16. The molecule has 0 heterocycles. The molecule has 22 heavy (non-hydrogen) atoms. The van der Waals surface area contributed by atoms with Crippen molar-refractivity contribution in [2.24, 2.45) is 0 Å². The third-order valence-corrected chi connectivity index (χ3v) is 3.27. The van der Waals surface area contributed by atoms with Gasteiger partial charge in [-0.05, 0) is 30.3 Å². The van der Waals surface area contributed by atoms with Gasteiger partial charge in [-0.15, -0.1) is 0 Å². The van der Waals surface area contributed by atoms with Crippen LogP contribution in [0.1, 0.15) is 10.4 Å². The van der Waals surface area contributed by atoms with Gasteiger partial charge in [0.05, 0.1) is 5.56 Å². The first-order valence-corrected chi connectivity index (χ1v) is 6.92. The summed E-state index contributed by atoms with van der Waals surface area (Å²) in [5.74, 6) is -2.12. The Morgan fingerprint density at radius 1 is 1.05 bits per heavy atom. The molecular weight excluding hydrogens is 329 g/mol. The quantitative estimate of drug-likeness (QED) is 0.894. The molecule has 0 bridgehead atoms. The summed E-state index contributed by atoms with van der Waals surface area (Å²) in [6.07, 6.45) is 0. The summed E-state index contributed by atoms with van der Waals surface area (Å²) >= 11 is 11.8. The van der Waals surface area contributed by atoms with E-state index in [1.54, 1.807) is 12.1 Å². The van der Waals surface area contributed by atoms with Crippen molar-refractivity contribution in [3.63, 3.8) is 0 Å². The van der Waals surface area contributed by atoms with Crippen LogP contribution in [0, 0.1) is 0 Å². The van der Waals surface area contributed by atoms with Crippen LogP contribution in [-0.4, -0.2) is 28.6 Å². The van der Waals surface area contributed by atoms with Crippen molar-refractivity contribution in [3.8, 4) is 5.75 Å². The van der Waals surface area contributed by atoms with E-state index in [4.69, 9.17) is 28.3 Å². The van der Waals surface area contributed by atoms with E-state index in [0.717, 1.165) is 4.90 Å². The van der Waals surface area contributed by atoms with E-state index in [0.29, 0.717) is 0 Å². The lowest BCUT2D eigenvalue weighted by molar-refractivity contribution is -0.135. The lowest BCUT2D eigenvalue weighted by atomic mass is 10.1. The van der Waals surface area contributed by atoms with E-state index in [2.05, 4.69) is 0 Å². The number of rotatable bonds is 4. The number of carbonyl (C=O) groups excluding carboxylic acids is 1. The maximum atomic E-state index is 12.5. The van der Waals surface area contributed by atoms with E-state index in [1.807, 2.05) is 0 Å². The van der Waals surface area contributed by atoms with Crippen molar-refractivity contribution < 1.29 is 19.8 Å². The average Bonchev–Trinajstić information content (AvgIpc) is 2.43. The number of amides is 1. The first-order chi connectivity index (χ1) is 10.4. The predicted molar refractivity (Wildman–Crippen MR) is 83.9 cm³/mol. The van der Waals surface area contributed by atoms with Gasteiger partial charge in [0.15, 0.2) is 0 Å². The number of aliphatic carboxylic acids is 1. The largest absolute Gasteiger partial charge is 0.507 e. The number of carbonyl (C=O) groups is 2. The summed E-state index contributed by atoms with van der Waals surface area (Å²) < 4.78 is 0. The average molecular weight is 340 g/mol. The Labute approximate surface area is 136 Å². The SMILES string of the molecule is O=C(O)CN(C(=O)c1ccccc1O)c1cc(Cl)cc(Cl)c1. The van der Waals surface area contributed by atoms with Crippen LogP contribution in [0.15, 0.2) is 42.5 Å². The van der Waals surface area contributed by atoms with Crippen LogP contribution in [0.5, 0.6) is 5.75 Å². The number of para-hydroxylation sites is 1. The number of nitrogens with zero attached hydrogens (tertiary/aromatic N) is 1. The predicted octanol–water partition coefficient (Wildman–Crippen LogP) is 3.43. The second-order valence-corrected chi connectivity index (χ2v) is 5.30. The van der Waals surface area contributed by atoms with E-state index in [1.165, 1.54) is 30.3 Å². The molecule has 0 unspecified atom stereocenters. The van der Waals surface area contributed by atoms with Gasteiger partial charge in [0, 0.05) is 15.7 Å². The molecule has 1 amide bonds. The fraction of sp³-hybridized carbons (Fsp3) is 0.0667. The maximum Gasteiger partial charge on any atom is 0.323 e. The second-order valence-electron chi connectivity index (χ2n) is 4.43. The van der Waals surface area contributed by atoms with Crippen molar-refractivity contribution in [1.82, 2.24) is 0 Å². The summed E-state index contributed by atoms with van der Waals surface area (Å²) in [5.41, 5.74) is 0.216. The second kappa shape index (κ2) is 6.68. The molecule has 5 nitrogen and oxygen atoms in total. The van der Waals surface area contributed by atoms with E-state index in [-0.39, 0.29) is 27.0 Å². The van der Waals surface area contributed by atoms with Gasteiger partial charge in [-0.3, -0.25) is 14.5 Å². The van der Waals surface area contributed by atoms with E-state index >= 15 is 0 Å². The molecule has 0 spiro atoms. The van der Waals surface area contributed by atoms with Gasteiger partial charge in [-0.2, -0.15) is 0 Å². The molecule has 0 aliphatic rings. The minimum Gasteiger partial charge on any atom is -0.507 e. The number of hydrogen-bond donors (Lipinski definition) is 2. The highest BCUT2D eigenvalue weighted by atomic mass is 35.5. The molecule has 0 saturated carbocycles. The minimum atomic E-state index is -1.21. The Balaban J connectivity index is 2.48. The number of halogens is 2. The number of benzene rings is 2. The molecule has 2 rings (SSSR count). The van der Waals surface area contributed by atoms with Crippen LogP contribution in [-0.2, 0) is 4.79 Å². The number of hydrogen-bond acceptors (Lipinski definition) is 3. The Hall–Kier alpha value is -2.24. The number of phenolic OH excluding ortho intramolecular Hbond substituents is 1. The van der Waals surface area contributed by atoms with Gasteiger partial charge in [0.2, 0.25) is 0 Å². The van der Waals surface area contributed by atoms with Crippen molar-refractivity contribution in [2.45, 2.75) is 0 Å². The normalized spacial score (nSPS) is 10.3. The third-order valence-electron chi connectivity index (χ3n) is 2.83. The van der Waals surface area contributed by atoms with Gasteiger partial charge in [-0.25, -0.2) is 0 Å². The Morgan fingerprint density at radius 2 is 1.64 bits per heavy atom. The number of carboxylic acid groups (broad SMARTS) is 1. The zero-order chi connectivity index (χ0) is 16.3. The Kier molecular flexibility index (Phi) is 4.90. The van der Waals surface area contributed by atoms with Crippen LogP contribution in [0.25, 0.3) is 0 Å². The van der Waals surface area contributed by atoms with Gasteiger partial charge in [0.25, 0.3) is 5.91 Å². The highest BCUT2D eigenvalue weighted by Crippen LogP contribution is 2.28. The fourth-order valence-electron chi connectivity index (χ4n) is 1.91. The topological polar surface area (TPSA) is 77.8 Å². The third kappa shape index (κ3) is 3.69. The van der Waals surface area contributed by atoms with E-state index < -0.39 is 18.4 Å². The van der Waals surface area contributed by atoms with Crippen LogP contribution >= 0.6 is 23.2 Å². The van der Waals surface area contributed by atoms with Gasteiger partial charge < -0.3 is 10.2 Å². The van der Waals surface area contributed by atoms with Crippen LogP contribution in [0.2, 0.25) is 10.0 Å². The zero-order valence-electron chi connectivity index (χ0n) is 11.2. The highest BCUT2D eigenvalue weighted by Gasteiger charge is 2.23. The molecule has 114 valence electrons. The lowest BCUT2D eigenvalue weighted by Gasteiger charge is -2.22. The molecule has 2 aromatic rings. The number of anilines is 1. The molecule has 7 heteroatoms. The molecule has 0 fully saturated rings. The minimum absolute atomic E-state index is 0.0140. The van der Waals surface area contributed by atoms with Crippen molar-refractivity contribution in [2.75, 3.05) is 11.4 Å². The molecule has 0 aliphatic heterocycles. The van der Waals surface area contributed by atoms with Crippen LogP contribution in [0.4, 0.5) is 5.69 Å². The monoisotopic (exact) mass is 339 g/mol. The number of aromatic hydroxyl groups is 1. The van der Waals surface area contributed by atoms with Gasteiger partial charge >= 0.3 is 5.97 Å². The molecule has 0 aromatic heterocycles. The summed E-state index contributed by atoms with van der Waals surface area (Å²) in [5, 5.41) is 19.3. The van der Waals surface area contributed by atoms with Crippen LogP contribution in [0.3, 0.4) is 0 Å². The molecule has 0 atom stereocenters. The number of phenols is 1. The van der Waals surface area contributed by atoms with Crippen LogP contribution < -0.4 is 4.90 Å².